The zero-order chi connectivity index (χ0) is 22.5. The molecule has 0 aliphatic carbocycles. The number of likely N-dealkylation sites (tertiary alicyclic amines) is 1. The highest BCUT2D eigenvalue weighted by Crippen LogP contribution is 2.37. The number of hydrogen-bond donors (Lipinski definition) is 1. The van der Waals surface area contributed by atoms with E-state index in [0.29, 0.717) is 19.8 Å². The maximum absolute atomic E-state index is 13.0. The number of rotatable bonds is 6. The van der Waals surface area contributed by atoms with Crippen LogP contribution < -0.4 is 14.8 Å². The normalized spacial score (nSPS) is 18.0. The Bertz CT molecular complexity index is 1100. The molecule has 2 heterocycles. The summed E-state index contributed by atoms with van der Waals surface area (Å²) >= 11 is 0. The fourth-order valence-electron chi connectivity index (χ4n) is 4.77. The van der Waals surface area contributed by atoms with Gasteiger partial charge in [-0.3, -0.25) is 9.69 Å². The second kappa shape index (κ2) is 10.1. The van der Waals surface area contributed by atoms with E-state index in [4.69, 9.17) is 9.47 Å². The Morgan fingerprint density at radius 3 is 2.58 bits per heavy atom. The number of carbonyl (C=O) groups is 1. The van der Waals surface area contributed by atoms with Crippen LogP contribution in [0.15, 0.2) is 72.8 Å². The molecule has 5 heteroatoms. The molecule has 0 aromatic heterocycles. The van der Waals surface area contributed by atoms with Crippen molar-refractivity contribution in [2.45, 2.75) is 31.7 Å². The summed E-state index contributed by atoms with van der Waals surface area (Å²) in [7, 11) is 0. The average Bonchev–Trinajstić information content (AvgIpc) is 3.16. The lowest BCUT2D eigenvalue weighted by molar-refractivity contribution is -0.117. The van der Waals surface area contributed by atoms with Gasteiger partial charge in [0.25, 0.3) is 0 Å². The fraction of sp³-hybridized carbons (Fsp3) is 0.321. The largest absolute Gasteiger partial charge is 0.490 e. The molecule has 1 fully saturated rings. The standard InChI is InChI=1S/C28H30N2O3/c31-28(29-24-11-5-4-10-22(24)18-21-8-2-1-3-9-21)20-30-15-6-12-25(30)23-13-14-26-27(19-23)33-17-7-16-32-26/h1-5,8-11,13-14,19,25H,6-7,12,15-18,20H2,(H,29,31)/t25-/m1/s1. The van der Waals surface area contributed by atoms with Crippen molar-refractivity contribution in [3.8, 4) is 11.5 Å². The Balaban J connectivity index is 1.26. The first-order valence-corrected chi connectivity index (χ1v) is 11.8. The zero-order valence-corrected chi connectivity index (χ0v) is 18.8. The van der Waals surface area contributed by atoms with Gasteiger partial charge in [-0.05, 0) is 60.7 Å². The summed E-state index contributed by atoms with van der Waals surface area (Å²) in [6, 6.07) is 24.8. The number of para-hydroxylation sites is 1. The van der Waals surface area contributed by atoms with E-state index >= 15 is 0 Å². The van der Waals surface area contributed by atoms with Crippen LogP contribution >= 0.6 is 0 Å². The first-order chi connectivity index (χ1) is 16.3. The molecule has 3 aromatic carbocycles. The molecular weight excluding hydrogens is 412 g/mol. The number of nitrogens with zero attached hydrogens (tertiary/aromatic N) is 1. The maximum Gasteiger partial charge on any atom is 0.238 e. The first kappa shape index (κ1) is 21.5. The second-order valence-corrected chi connectivity index (χ2v) is 8.75. The van der Waals surface area contributed by atoms with Gasteiger partial charge < -0.3 is 14.8 Å². The lowest BCUT2D eigenvalue weighted by Gasteiger charge is -2.25. The highest BCUT2D eigenvalue weighted by Gasteiger charge is 2.28. The van der Waals surface area contributed by atoms with Crippen LogP contribution in [0.2, 0.25) is 0 Å². The molecule has 3 aromatic rings. The van der Waals surface area contributed by atoms with Gasteiger partial charge in [-0.1, -0.05) is 54.6 Å². The van der Waals surface area contributed by atoms with E-state index in [1.807, 2.05) is 42.5 Å². The summed E-state index contributed by atoms with van der Waals surface area (Å²) in [5, 5.41) is 3.16. The van der Waals surface area contributed by atoms with Gasteiger partial charge in [0.05, 0.1) is 19.8 Å². The van der Waals surface area contributed by atoms with Crippen LogP contribution in [0.5, 0.6) is 11.5 Å². The van der Waals surface area contributed by atoms with E-state index in [1.54, 1.807) is 0 Å². The minimum atomic E-state index is 0.0248. The minimum absolute atomic E-state index is 0.0248. The summed E-state index contributed by atoms with van der Waals surface area (Å²) in [5.74, 6) is 1.65. The SMILES string of the molecule is O=C(CN1CCC[C@@H]1c1ccc2c(c1)OCCCO2)Nc1ccccc1Cc1ccccc1. The molecule has 2 aliphatic rings. The van der Waals surface area contributed by atoms with Crippen LogP contribution in [-0.4, -0.2) is 37.1 Å². The van der Waals surface area contributed by atoms with Crippen LogP contribution in [0.4, 0.5) is 5.69 Å². The fourth-order valence-corrected chi connectivity index (χ4v) is 4.77. The van der Waals surface area contributed by atoms with E-state index in [9.17, 15) is 4.79 Å². The Morgan fingerprint density at radius 2 is 1.70 bits per heavy atom. The number of fused-ring (bicyclic) bond motifs is 1. The highest BCUT2D eigenvalue weighted by molar-refractivity contribution is 5.93. The monoisotopic (exact) mass is 442 g/mol. The highest BCUT2D eigenvalue weighted by atomic mass is 16.5. The van der Waals surface area contributed by atoms with Crippen molar-refractivity contribution >= 4 is 11.6 Å². The predicted molar refractivity (Wildman–Crippen MR) is 130 cm³/mol. The van der Waals surface area contributed by atoms with Gasteiger partial charge >= 0.3 is 0 Å². The summed E-state index contributed by atoms with van der Waals surface area (Å²) in [6.07, 6.45) is 3.81. The van der Waals surface area contributed by atoms with Crippen molar-refractivity contribution in [2.75, 3.05) is 31.6 Å². The summed E-state index contributed by atoms with van der Waals surface area (Å²) in [6.45, 7) is 2.65. The topological polar surface area (TPSA) is 50.8 Å². The van der Waals surface area contributed by atoms with Crippen molar-refractivity contribution in [3.05, 3.63) is 89.5 Å². The first-order valence-electron chi connectivity index (χ1n) is 11.8. The van der Waals surface area contributed by atoms with E-state index in [-0.39, 0.29) is 11.9 Å². The molecule has 5 nitrogen and oxygen atoms in total. The molecule has 5 rings (SSSR count). The molecule has 0 bridgehead atoms. The molecule has 0 radical (unpaired) electrons. The van der Waals surface area contributed by atoms with Crippen LogP contribution in [0.1, 0.15) is 42.0 Å². The molecule has 1 saturated heterocycles. The molecule has 0 spiro atoms. The van der Waals surface area contributed by atoms with Crippen molar-refractivity contribution in [3.63, 3.8) is 0 Å². The van der Waals surface area contributed by atoms with E-state index in [1.165, 1.54) is 11.1 Å². The number of nitrogens with one attached hydrogen (secondary N) is 1. The molecule has 1 N–H and O–H groups in total. The summed E-state index contributed by atoms with van der Waals surface area (Å²) in [4.78, 5) is 15.3. The Kier molecular flexibility index (Phi) is 6.58. The number of hydrogen-bond acceptors (Lipinski definition) is 4. The Hall–Kier alpha value is -3.31. The number of anilines is 1. The number of amides is 1. The van der Waals surface area contributed by atoms with Gasteiger partial charge in [0.2, 0.25) is 5.91 Å². The van der Waals surface area contributed by atoms with Crippen molar-refractivity contribution in [1.82, 2.24) is 4.90 Å². The van der Waals surface area contributed by atoms with E-state index in [2.05, 4.69) is 40.5 Å². The second-order valence-electron chi connectivity index (χ2n) is 8.75. The van der Waals surface area contributed by atoms with Gasteiger partial charge in [0.1, 0.15) is 0 Å². The van der Waals surface area contributed by atoms with Gasteiger partial charge in [-0.25, -0.2) is 0 Å². The van der Waals surface area contributed by atoms with Crippen LogP contribution in [0, 0.1) is 0 Å². The lowest BCUT2D eigenvalue weighted by Crippen LogP contribution is -2.33. The molecule has 1 amide bonds. The van der Waals surface area contributed by atoms with Crippen molar-refractivity contribution in [1.29, 1.82) is 0 Å². The van der Waals surface area contributed by atoms with Gasteiger partial charge in [0.15, 0.2) is 11.5 Å². The third-order valence-corrected chi connectivity index (χ3v) is 6.40. The molecule has 0 saturated carbocycles. The van der Waals surface area contributed by atoms with Gasteiger partial charge in [-0.2, -0.15) is 0 Å². The summed E-state index contributed by atoms with van der Waals surface area (Å²) < 4.78 is 11.7. The molecule has 1 atom stereocenters. The van der Waals surface area contributed by atoms with E-state index < -0.39 is 0 Å². The molecule has 33 heavy (non-hydrogen) atoms. The smallest absolute Gasteiger partial charge is 0.238 e. The van der Waals surface area contributed by atoms with E-state index in [0.717, 1.165) is 55.0 Å². The minimum Gasteiger partial charge on any atom is -0.490 e. The number of benzene rings is 3. The van der Waals surface area contributed by atoms with Gasteiger partial charge in [-0.15, -0.1) is 0 Å². The third kappa shape index (κ3) is 5.20. The Labute approximate surface area is 195 Å². The van der Waals surface area contributed by atoms with Crippen LogP contribution in [0.25, 0.3) is 0 Å². The maximum atomic E-state index is 13.0. The summed E-state index contributed by atoms with van der Waals surface area (Å²) in [5.41, 5.74) is 4.43. The van der Waals surface area contributed by atoms with Crippen LogP contribution in [-0.2, 0) is 11.2 Å². The molecule has 0 unspecified atom stereocenters. The number of carbonyl (C=O) groups excluding carboxylic acids is 1. The average molecular weight is 443 g/mol. The molecule has 170 valence electrons. The predicted octanol–water partition coefficient (Wildman–Crippen LogP) is 5.21. The quantitative estimate of drug-likeness (QED) is 0.569. The number of ether oxygens (including phenoxy) is 2. The van der Waals surface area contributed by atoms with Gasteiger partial charge in [0, 0.05) is 18.2 Å². The molecule has 2 aliphatic heterocycles. The third-order valence-electron chi connectivity index (χ3n) is 6.40. The zero-order valence-electron chi connectivity index (χ0n) is 18.8. The van der Waals surface area contributed by atoms with Crippen molar-refractivity contribution < 1.29 is 14.3 Å². The lowest BCUT2D eigenvalue weighted by atomic mass is 10.0. The Morgan fingerprint density at radius 1 is 0.909 bits per heavy atom. The molecular formula is C28H30N2O3. The van der Waals surface area contributed by atoms with Crippen molar-refractivity contribution in [2.24, 2.45) is 0 Å². The van der Waals surface area contributed by atoms with Crippen LogP contribution in [0.3, 0.4) is 0 Å².